The fraction of sp³-hybridized carbons (Fsp3) is 0.286. The summed E-state index contributed by atoms with van der Waals surface area (Å²) in [6.45, 7) is 3.72. The zero-order valence-electron chi connectivity index (χ0n) is 18.1. The summed E-state index contributed by atoms with van der Waals surface area (Å²) in [5, 5.41) is 11.6. The number of fused-ring (bicyclic) bond motifs is 1. The Morgan fingerprint density at radius 2 is 1.69 bits per heavy atom. The molecule has 0 atom stereocenters. The molecule has 168 valence electrons. The van der Waals surface area contributed by atoms with Crippen molar-refractivity contribution in [2.45, 2.75) is 20.4 Å². The second-order valence-corrected chi connectivity index (χ2v) is 7.86. The number of carbonyl (C=O) groups excluding carboxylic acids is 2. The van der Waals surface area contributed by atoms with Crippen LogP contribution in [0.1, 0.15) is 21.5 Å². The summed E-state index contributed by atoms with van der Waals surface area (Å²) in [4.78, 5) is 40.2. The number of hydrogen-bond donors (Lipinski definition) is 0. The summed E-state index contributed by atoms with van der Waals surface area (Å²) >= 11 is 1.20. The van der Waals surface area contributed by atoms with Crippen molar-refractivity contribution in [2.24, 2.45) is 4.99 Å². The fourth-order valence-corrected chi connectivity index (χ4v) is 4.20. The van der Waals surface area contributed by atoms with Crippen molar-refractivity contribution in [1.82, 2.24) is 4.57 Å². The molecule has 0 aliphatic rings. The van der Waals surface area contributed by atoms with Gasteiger partial charge in [0.2, 0.25) is 0 Å². The SMILES string of the molecule is COC(=O)Cn1c(=NC(=O)c2cc(OC)c(OC)cc2[N+](=O)[O-])sc2cc(C)c(C)cc21. The molecule has 11 heteroatoms. The van der Waals surface area contributed by atoms with E-state index in [0.29, 0.717) is 5.52 Å². The monoisotopic (exact) mass is 459 g/mol. The van der Waals surface area contributed by atoms with Crippen molar-refractivity contribution >= 4 is 39.1 Å². The van der Waals surface area contributed by atoms with Crippen LogP contribution in [-0.4, -0.2) is 42.7 Å². The van der Waals surface area contributed by atoms with E-state index in [1.165, 1.54) is 38.7 Å². The number of ether oxygens (including phenoxy) is 3. The summed E-state index contributed by atoms with van der Waals surface area (Å²) in [5.41, 5.74) is 2.02. The second-order valence-electron chi connectivity index (χ2n) is 6.85. The number of rotatable bonds is 6. The largest absolute Gasteiger partial charge is 0.493 e. The van der Waals surface area contributed by atoms with Gasteiger partial charge in [0.25, 0.3) is 11.6 Å². The molecule has 0 aliphatic carbocycles. The Morgan fingerprint density at radius 3 is 2.28 bits per heavy atom. The first-order valence-corrected chi connectivity index (χ1v) is 10.2. The van der Waals surface area contributed by atoms with E-state index in [9.17, 15) is 19.7 Å². The van der Waals surface area contributed by atoms with E-state index in [4.69, 9.17) is 14.2 Å². The minimum Gasteiger partial charge on any atom is -0.493 e. The van der Waals surface area contributed by atoms with Crippen LogP contribution >= 0.6 is 11.3 Å². The highest BCUT2D eigenvalue weighted by atomic mass is 32.1. The van der Waals surface area contributed by atoms with Crippen molar-refractivity contribution in [3.05, 3.63) is 55.9 Å². The van der Waals surface area contributed by atoms with Crippen LogP contribution in [0.5, 0.6) is 11.5 Å². The van der Waals surface area contributed by atoms with E-state index in [2.05, 4.69) is 4.99 Å². The Balaban J connectivity index is 2.25. The van der Waals surface area contributed by atoms with E-state index >= 15 is 0 Å². The minimum atomic E-state index is -0.851. The standard InChI is InChI=1S/C21H21N3O7S/c1-11-6-15-18(7-12(11)2)32-21(23(15)10-19(25)31-5)22-20(26)13-8-16(29-3)17(30-4)9-14(13)24(27)28/h6-9H,10H2,1-5H3. The highest BCUT2D eigenvalue weighted by Crippen LogP contribution is 2.34. The summed E-state index contributed by atoms with van der Waals surface area (Å²) in [7, 11) is 3.96. The lowest BCUT2D eigenvalue weighted by molar-refractivity contribution is -0.385. The zero-order chi connectivity index (χ0) is 23.6. The fourth-order valence-electron chi connectivity index (χ4n) is 3.09. The van der Waals surface area contributed by atoms with E-state index in [0.717, 1.165) is 21.9 Å². The normalized spacial score (nSPS) is 11.5. The molecule has 32 heavy (non-hydrogen) atoms. The van der Waals surface area contributed by atoms with Crippen LogP contribution in [0, 0.1) is 24.0 Å². The first-order valence-electron chi connectivity index (χ1n) is 9.37. The number of aryl methyl sites for hydroxylation is 2. The number of thiazole rings is 1. The van der Waals surface area contributed by atoms with Gasteiger partial charge in [-0.25, -0.2) is 0 Å². The first kappa shape index (κ1) is 22.9. The number of hydrogen-bond acceptors (Lipinski definition) is 8. The third kappa shape index (κ3) is 4.33. The average Bonchev–Trinajstić information content (AvgIpc) is 3.08. The van der Waals surface area contributed by atoms with Crippen molar-refractivity contribution < 1.29 is 28.7 Å². The number of carbonyl (C=O) groups is 2. The number of benzene rings is 2. The second kappa shape index (κ2) is 9.18. The molecule has 3 rings (SSSR count). The maximum absolute atomic E-state index is 13.0. The number of aromatic nitrogens is 1. The van der Waals surface area contributed by atoms with E-state index < -0.39 is 22.5 Å². The van der Waals surface area contributed by atoms with Crippen molar-refractivity contribution in [2.75, 3.05) is 21.3 Å². The molecule has 3 aromatic rings. The quantitative estimate of drug-likeness (QED) is 0.315. The molecule has 0 bridgehead atoms. The number of nitro benzene ring substituents is 1. The Labute approximate surface area is 186 Å². The van der Waals surface area contributed by atoms with E-state index in [1.54, 1.807) is 4.57 Å². The molecule has 0 saturated heterocycles. The molecule has 0 fully saturated rings. The molecule has 1 heterocycles. The van der Waals surface area contributed by atoms with Gasteiger partial charge in [-0.1, -0.05) is 11.3 Å². The Morgan fingerprint density at radius 1 is 1.06 bits per heavy atom. The van der Waals surface area contributed by atoms with Gasteiger partial charge in [-0.2, -0.15) is 4.99 Å². The van der Waals surface area contributed by atoms with Crippen LogP contribution < -0.4 is 14.3 Å². The minimum absolute atomic E-state index is 0.115. The molecular formula is C21H21N3O7S. The number of esters is 1. The predicted octanol–water partition coefficient (Wildman–Crippen LogP) is 3.16. The van der Waals surface area contributed by atoms with Crippen LogP contribution in [0.15, 0.2) is 29.3 Å². The molecule has 10 nitrogen and oxygen atoms in total. The third-order valence-corrected chi connectivity index (χ3v) is 5.98. The highest BCUT2D eigenvalue weighted by Gasteiger charge is 2.25. The maximum Gasteiger partial charge on any atom is 0.325 e. The summed E-state index contributed by atoms with van der Waals surface area (Å²) in [6.07, 6.45) is 0. The summed E-state index contributed by atoms with van der Waals surface area (Å²) < 4.78 is 17.4. The topological polar surface area (TPSA) is 122 Å². The molecule has 1 amide bonds. The molecule has 0 spiro atoms. The van der Waals surface area contributed by atoms with Gasteiger partial charge in [0, 0.05) is 6.07 Å². The van der Waals surface area contributed by atoms with Crippen molar-refractivity contribution in [1.29, 1.82) is 0 Å². The summed E-state index contributed by atoms with van der Waals surface area (Å²) in [5.74, 6) is -1.10. The number of methoxy groups -OCH3 is 3. The smallest absolute Gasteiger partial charge is 0.325 e. The molecule has 0 N–H and O–H groups in total. The zero-order valence-corrected chi connectivity index (χ0v) is 18.9. The Bertz CT molecular complexity index is 1310. The van der Waals surface area contributed by atoms with Gasteiger partial charge in [-0.3, -0.25) is 19.7 Å². The highest BCUT2D eigenvalue weighted by molar-refractivity contribution is 7.16. The van der Waals surface area contributed by atoms with Gasteiger partial charge in [0.15, 0.2) is 16.3 Å². The lowest BCUT2D eigenvalue weighted by Gasteiger charge is -2.09. The van der Waals surface area contributed by atoms with Crippen LogP contribution in [0.2, 0.25) is 0 Å². The van der Waals surface area contributed by atoms with E-state index in [1.807, 2.05) is 26.0 Å². The van der Waals surface area contributed by atoms with Gasteiger partial charge in [-0.05, 0) is 37.1 Å². The Hall–Kier alpha value is -3.73. The lowest BCUT2D eigenvalue weighted by atomic mass is 10.1. The molecule has 0 saturated carbocycles. The van der Waals surface area contributed by atoms with Gasteiger partial charge in [-0.15, -0.1) is 0 Å². The lowest BCUT2D eigenvalue weighted by Crippen LogP contribution is -2.22. The first-order chi connectivity index (χ1) is 15.2. The maximum atomic E-state index is 13.0. The Kier molecular flexibility index (Phi) is 6.58. The van der Waals surface area contributed by atoms with Gasteiger partial charge >= 0.3 is 5.97 Å². The molecule has 1 aromatic heterocycles. The molecule has 2 aromatic carbocycles. The molecule has 0 aliphatic heterocycles. The number of amides is 1. The third-order valence-electron chi connectivity index (χ3n) is 4.94. The molecular weight excluding hydrogens is 438 g/mol. The average molecular weight is 459 g/mol. The van der Waals surface area contributed by atoms with Crippen LogP contribution in [0.4, 0.5) is 5.69 Å². The molecule has 0 radical (unpaired) electrons. The van der Waals surface area contributed by atoms with Crippen LogP contribution in [0.25, 0.3) is 10.2 Å². The van der Waals surface area contributed by atoms with Gasteiger partial charge in [0.1, 0.15) is 12.1 Å². The predicted molar refractivity (Wildman–Crippen MR) is 117 cm³/mol. The van der Waals surface area contributed by atoms with Gasteiger partial charge < -0.3 is 18.8 Å². The van der Waals surface area contributed by atoms with Crippen molar-refractivity contribution in [3.63, 3.8) is 0 Å². The van der Waals surface area contributed by atoms with E-state index in [-0.39, 0.29) is 28.4 Å². The van der Waals surface area contributed by atoms with Crippen LogP contribution in [-0.2, 0) is 16.1 Å². The van der Waals surface area contributed by atoms with Crippen molar-refractivity contribution in [3.8, 4) is 11.5 Å². The summed E-state index contributed by atoms with van der Waals surface area (Å²) in [6, 6.07) is 6.16. The number of nitro groups is 1. The molecule has 0 unspecified atom stereocenters. The number of nitrogens with zero attached hydrogens (tertiary/aromatic N) is 3. The van der Waals surface area contributed by atoms with Gasteiger partial charge in [0.05, 0.1) is 42.5 Å². The van der Waals surface area contributed by atoms with Crippen LogP contribution in [0.3, 0.4) is 0 Å².